The van der Waals surface area contributed by atoms with Crippen molar-refractivity contribution in [3.63, 3.8) is 0 Å². The lowest BCUT2D eigenvalue weighted by atomic mass is 9.85. The summed E-state index contributed by atoms with van der Waals surface area (Å²) >= 11 is 0. The molecule has 0 bridgehead atoms. The highest BCUT2D eigenvalue weighted by Crippen LogP contribution is 2.40. The Morgan fingerprint density at radius 1 is 1.05 bits per heavy atom. The zero-order valence-corrected chi connectivity index (χ0v) is 12.6. The number of aromatic nitrogens is 2. The molecule has 0 saturated heterocycles. The fourth-order valence-corrected chi connectivity index (χ4v) is 3.81. The van der Waals surface area contributed by atoms with Crippen LogP contribution in [0.3, 0.4) is 0 Å². The van der Waals surface area contributed by atoms with E-state index in [2.05, 4.69) is 12.1 Å². The van der Waals surface area contributed by atoms with Crippen LogP contribution in [-0.4, -0.2) is 16.2 Å². The first-order valence-corrected chi connectivity index (χ1v) is 8.30. The predicted molar refractivity (Wildman–Crippen MR) is 78.5 cm³/mol. The minimum atomic E-state index is -0.104. The van der Waals surface area contributed by atoms with Crippen molar-refractivity contribution in [1.29, 1.82) is 0 Å². The Hall–Kier alpha value is -0.900. The second kappa shape index (κ2) is 5.84. The van der Waals surface area contributed by atoms with Crippen molar-refractivity contribution in [2.24, 2.45) is 5.73 Å². The van der Waals surface area contributed by atoms with Gasteiger partial charge in [0, 0.05) is 12.0 Å². The Bertz CT molecular complexity index is 437. The average molecular weight is 277 g/mol. The first kappa shape index (κ1) is 14.1. The standard InChI is InChI=1S/C16H27N3O/c1-16(11-7-10-13(16)17)15-18-14(19-20-15)12-8-5-3-2-4-6-9-12/h12-13H,2-11,17H2,1H3. The van der Waals surface area contributed by atoms with Gasteiger partial charge in [-0.15, -0.1) is 0 Å². The van der Waals surface area contributed by atoms with Crippen molar-refractivity contribution < 1.29 is 4.52 Å². The molecule has 2 atom stereocenters. The molecule has 2 saturated carbocycles. The summed E-state index contributed by atoms with van der Waals surface area (Å²) in [5.74, 6) is 2.20. The maximum Gasteiger partial charge on any atom is 0.234 e. The highest BCUT2D eigenvalue weighted by atomic mass is 16.5. The predicted octanol–water partition coefficient (Wildman–Crippen LogP) is 3.67. The topological polar surface area (TPSA) is 64.9 Å². The van der Waals surface area contributed by atoms with Crippen molar-refractivity contribution in [3.8, 4) is 0 Å². The molecule has 0 amide bonds. The molecule has 3 rings (SSSR count). The molecular weight excluding hydrogens is 250 g/mol. The fraction of sp³-hybridized carbons (Fsp3) is 0.875. The minimum Gasteiger partial charge on any atom is -0.339 e. The summed E-state index contributed by atoms with van der Waals surface area (Å²) in [5.41, 5.74) is 6.15. The Kier molecular flexibility index (Phi) is 4.11. The highest BCUT2D eigenvalue weighted by Gasteiger charge is 2.43. The third-order valence-corrected chi connectivity index (χ3v) is 5.43. The molecule has 2 unspecified atom stereocenters. The first-order valence-electron chi connectivity index (χ1n) is 8.30. The normalized spacial score (nSPS) is 33.0. The summed E-state index contributed by atoms with van der Waals surface area (Å²) in [5, 5.41) is 4.29. The van der Waals surface area contributed by atoms with Crippen LogP contribution < -0.4 is 5.73 Å². The van der Waals surface area contributed by atoms with E-state index in [0.29, 0.717) is 5.92 Å². The fourth-order valence-electron chi connectivity index (χ4n) is 3.81. The SMILES string of the molecule is CC1(c2nc(C3CCCCCCC3)no2)CCCC1N. The molecule has 4 heteroatoms. The Morgan fingerprint density at radius 2 is 1.75 bits per heavy atom. The highest BCUT2D eigenvalue weighted by molar-refractivity contribution is 5.12. The van der Waals surface area contributed by atoms with Gasteiger partial charge in [0.1, 0.15) is 0 Å². The van der Waals surface area contributed by atoms with Crippen molar-refractivity contribution in [2.45, 2.75) is 88.5 Å². The summed E-state index contributed by atoms with van der Waals surface area (Å²) < 4.78 is 5.61. The van der Waals surface area contributed by atoms with E-state index in [1.165, 1.54) is 51.4 Å². The molecule has 1 aromatic rings. The summed E-state index contributed by atoms with van der Waals surface area (Å²) in [6, 6.07) is 0.160. The first-order chi connectivity index (χ1) is 9.70. The molecule has 1 heterocycles. The van der Waals surface area contributed by atoms with Crippen LogP contribution in [0.5, 0.6) is 0 Å². The van der Waals surface area contributed by atoms with Gasteiger partial charge in [0.25, 0.3) is 0 Å². The van der Waals surface area contributed by atoms with Crippen molar-refractivity contribution >= 4 is 0 Å². The molecule has 2 N–H and O–H groups in total. The van der Waals surface area contributed by atoms with E-state index in [4.69, 9.17) is 15.2 Å². The van der Waals surface area contributed by atoms with Crippen LogP contribution in [0.2, 0.25) is 0 Å². The second-order valence-electron chi connectivity index (χ2n) is 6.92. The van der Waals surface area contributed by atoms with Gasteiger partial charge in [0.15, 0.2) is 5.82 Å². The van der Waals surface area contributed by atoms with Crippen LogP contribution in [-0.2, 0) is 5.41 Å². The van der Waals surface area contributed by atoms with Gasteiger partial charge in [-0.2, -0.15) is 4.98 Å². The van der Waals surface area contributed by atoms with Crippen LogP contribution in [0.15, 0.2) is 4.52 Å². The number of nitrogens with two attached hydrogens (primary N) is 1. The minimum absolute atomic E-state index is 0.104. The Balaban J connectivity index is 1.75. The molecular formula is C16H27N3O. The summed E-state index contributed by atoms with van der Waals surface area (Å²) in [4.78, 5) is 4.75. The number of nitrogens with zero attached hydrogens (tertiary/aromatic N) is 2. The van der Waals surface area contributed by atoms with Crippen LogP contribution in [0, 0.1) is 0 Å². The third-order valence-electron chi connectivity index (χ3n) is 5.43. The molecule has 2 fully saturated rings. The van der Waals surface area contributed by atoms with Gasteiger partial charge in [0.05, 0.1) is 5.41 Å². The molecule has 4 nitrogen and oxygen atoms in total. The van der Waals surface area contributed by atoms with Crippen LogP contribution in [0.4, 0.5) is 0 Å². The van der Waals surface area contributed by atoms with Gasteiger partial charge in [-0.25, -0.2) is 0 Å². The lowest BCUT2D eigenvalue weighted by molar-refractivity contribution is 0.275. The zero-order valence-electron chi connectivity index (χ0n) is 12.6. The second-order valence-corrected chi connectivity index (χ2v) is 6.92. The van der Waals surface area contributed by atoms with Crippen LogP contribution in [0.1, 0.15) is 88.8 Å². The van der Waals surface area contributed by atoms with Gasteiger partial charge < -0.3 is 10.3 Å². The van der Waals surface area contributed by atoms with E-state index in [-0.39, 0.29) is 11.5 Å². The molecule has 1 aromatic heterocycles. The number of hydrogen-bond acceptors (Lipinski definition) is 4. The molecule has 20 heavy (non-hydrogen) atoms. The molecule has 0 aliphatic heterocycles. The van der Waals surface area contributed by atoms with E-state index in [1.54, 1.807) is 0 Å². The maximum absolute atomic E-state index is 6.25. The molecule has 0 aromatic carbocycles. The summed E-state index contributed by atoms with van der Waals surface area (Å²) in [7, 11) is 0. The van der Waals surface area contributed by atoms with Crippen molar-refractivity contribution in [1.82, 2.24) is 10.1 Å². The number of rotatable bonds is 2. The Morgan fingerprint density at radius 3 is 2.40 bits per heavy atom. The van der Waals surface area contributed by atoms with E-state index in [9.17, 15) is 0 Å². The Labute approximate surface area is 121 Å². The number of hydrogen-bond donors (Lipinski definition) is 1. The van der Waals surface area contributed by atoms with Crippen LogP contribution >= 0.6 is 0 Å². The molecule has 0 radical (unpaired) electrons. The van der Waals surface area contributed by atoms with Gasteiger partial charge >= 0.3 is 0 Å². The largest absolute Gasteiger partial charge is 0.339 e. The zero-order chi connectivity index (χ0) is 14.0. The molecule has 2 aliphatic carbocycles. The lowest BCUT2D eigenvalue weighted by Crippen LogP contribution is -2.38. The van der Waals surface area contributed by atoms with Gasteiger partial charge in [-0.1, -0.05) is 43.7 Å². The lowest BCUT2D eigenvalue weighted by Gasteiger charge is -2.24. The third kappa shape index (κ3) is 2.62. The molecule has 112 valence electrons. The van der Waals surface area contributed by atoms with Gasteiger partial charge in [-0.3, -0.25) is 0 Å². The average Bonchev–Trinajstić information content (AvgIpc) is 2.99. The van der Waals surface area contributed by atoms with Crippen molar-refractivity contribution in [3.05, 3.63) is 11.7 Å². The maximum atomic E-state index is 6.25. The summed E-state index contributed by atoms with van der Waals surface area (Å²) in [6.07, 6.45) is 12.4. The molecule has 2 aliphatic rings. The summed E-state index contributed by atoms with van der Waals surface area (Å²) in [6.45, 7) is 2.18. The van der Waals surface area contributed by atoms with E-state index in [1.807, 2.05) is 0 Å². The van der Waals surface area contributed by atoms with Gasteiger partial charge in [0.2, 0.25) is 5.89 Å². The molecule has 0 spiro atoms. The van der Waals surface area contributed by atoms with E-state index < -0.39 is 0 Å². The quantitative estimate of drug-likeness (QED) is 0.895. The smallest absolute Gasteiger partial charge is 0.234 e. The van der Waals surface area contributed by atoms with Crippen molar-refractivity contribution in [2.75, 3.05) is 0 Å². The van der Waals surface area contributed by atoms with E-state index in [0.717, 1.165) is 24.6 Å². The monoisotopic (exact) mass is 277 g/mol. The van der Waals surface area contributed by atoms with E-state index >= 15 is 0 Å². The van der Waals surface area contributed by atoms with Crippen LogP contribution in [0.25, 0.3) is 0 Å². The van der Waals surface area contributed by atoms with Gasteiger partial charge in [-0.05, 0) is 32.6 Å².